The zero-order valence-electron chi connectivity index (χ0n) is 10.3. The molecule has 0 bridgehead atoms. The van der Waals surface area contributed by atoms with Gasteiger partial charge < -0.3 is 0 Å². The fourth-order valence-electron chi connectivity index (χ4n) is 1.98. The first-order chi connectivity index (χ1) is 8.40. The number of hydrogen-bond donors (Lipinski definition) is 0. The van der Waals surface area contributed by atoms with Crippen LogP contribution in [0.4, 0.5) is 8.78 Å². The van der Waals surface area contributed by atoms with Crippen LogP contribution in [-0.2, 0) is 0 Å². The minimum absolute atomic E-state index is 0.322. The number of ketones is 1. The predicted octanol–water partition coefficient (Wildman–Crippen LogP) is 3.95. The Bertz CT molecular complexity index is 524. The number of benzene rings is 1. The van der Waals surface area contributed by atoms with Crippen molar-refractivity contribution >= 4 is 5.78 Å². The number of hydrogen-bond acceptors (Lipinski definition) is 1. The summed E-state index contributed by atoms with van der Waals surface area (Å²) in [6.07, 6.45) is 3.70. The van der Waals surface area contributed by atoms with Crippen molar-refractivity contribution in [2.24, 2.45) is 5.92 Å². The molecule has 0 spiro atoms. The molecule has 0 radical (unpaired) electrons. The number of aryl methyl sites for hydroxylation is 1. The summed E-state index contributed by atoms with van der Waals surface area (Å²) in [5.74, 6) is -5.05. The van der Waals surface area contributed by atoms with Crippen LogP contribution in [0, 0.1) is 12.8 Å². The molecule has 18 heavy (non-hydrogen) atoms. The highest BCUT2D eigenvalue weighted by Crippen LogP contribution is 2.34. The third kappa shape index (κ3) is 2.40. The maximum absolute atomic E-state index is 13.8. The second-order valence-corrected chi connectivity index (χ2v) is 4.63. The second kappa shape index (κ2) is 4.48. The molecule has 1 unspecified atom stereocenters. The van der Waals surface area contributed by atoms with E-state index in [0.29, 0.717) is 11.1 Å². The van der Waals surface area contributed by atoms with Gasteiger partial charge in [-0.1, -0.05) is 42.0 Å². The lowest BCUT2D eigenvalue weighted by Gasteiger charge is -2.24. The molecular weight excluding hydrogens is 234 g/mol. The summed E-state index contributed by atoms with van der Waals surface area (Å²) in [5, 5.41) is 0. The number of Topliss-reactive ketones (excluding diaryl/α,β-unsaturated/α-hetero) is 1. The molecular formula is C15H14F2O. The molecule has 0 amide bonds. The van der Waals surface area contributed by atoms with Crippen molar-refractivity contribution in [3.63, 3.8) is 0 Å². The monoisotopic (exact) mass is 248 g/mol. The van der Waals surface area contributed by atoms with Crippen LogP contribution in [0.1, 0.15) is 22.8 Å². The molecule has 1 atom stereocenters. The molecule has 0 aliphatic heterocycles. The Morgan fingerprint density at radius 3 is 2.33 bits per heavy atom. The van der Waals surface area contributed by atoms with Crippen molar-refractivity contribution in [2.75, 3.05) is 0 Å². The second-order valence-electron chi connectivity index (χ2n) is 4.63. The normalized spacial score (nSPS) is 21.6. The van der Waals surface area contributed by atoms with E-state index in [1.165, 1.54) is 6.08 Å². The Kier molecular flexibility index (Phi) is 3.16. The summed E-state index contributed by atoms with van der Waals surface area (Å²) in [6.45, 7) is 3.48. The zero-order chi connectivity index (χ0) is 13.3. The predicted molar refractivity (Wildman–Crippen MR) is 66.8 cm³/mol. The van der Waals surface area contributed by atoms with Crippen LogP contribution in [0.15, 0.2) is 48.1 Å². The van der Waals surface area contributed by atoms with Crippen molar-refractivity contribution in [2.45, 2.75) is 19.8 Å². The van der Waals surface area contributed by atoms with E-state index in [0.717, 1.165) is 11.6 Å². The van der Waals surface area contributed by atoms with E-state index in [2.05, 4.69) is 0 Å². The summed E-state index contributed by atoms with van der Waals surface area (Å²) in [4.78, 5) is 12.1. The van der Waals surface area contributed by atoms with E-state index in [9.17, 15) is 13.6 Å². The van der Waals surface area contributed by atoms with Crippen molar-refractivity contribution in [1.29, 1.82) is 0 Å². The van der Waals surface area contributed by atoms with Gasteiger partial charge in [-0.3, -0.25) is 4.79 Å². The summed E-state index contributed by atoms with van der Waals surface area (Å²) in [6, 6.07) is 6.68. The number of rotatable bonds is 2. The molecule has 0 N–H and O–H groups in total. The van der Waals surface area contributed by atoms with Crippen LogP contribution >= 0.6 is 0 Å². The Morgan fingerprint density at radius 2 is 1.78 bits per heavy atom. The van der Waals surface area contributed by atoms with Crippen molar-refractivity contribution in [3.05, 3.63) is 59.2 Å². The van der Waals surface area contributed by atoms with Crippen molar-refractivity contribution in [1.82, 2.24) is 0 Å². The molecule has 0 heterocycles. The van der Waals surface area contributed by atoms with Crippen LogP contribution < -0.4 is 0 Å². The summed E-state index contributed by atoms with van der Waals surface area (Å²) in [5.41, 5.74) is 1.80. The first-order valence-electron chi connectivity index (χ1n) is 5.76. The Balaban J connectivity index is 2.30. The molecule has 1 aromatic carbocycles. The van der Waals surface area contributed by atoms with Crippen molar-refractivity contribution in [3.8, 4) is 0 Å². The Morgan fingerprint density at radius 1 is 1.17 bits per heavy atom. The quantitative estimate of drug-likeness (QED) is 0.724. The molecule has 3 heteroatoms. The van der Waals surface area contributed by atoms with Gasteiger partial charge in [-0.15, -0.1) is 0 Å². The summed E-state index contributed by atoms with van der Waals surface area (Å²) in [7, 11) is 0. The Labute approximate surface area is 105 Å². The first-order valence-corrected chi connectivity index (χ1v) is 5.76. The van der Waals surface area contributed by atoms with E-state index in [1.807, 2.05) is 6.92 Å². The van der Waals surface area contributed by atoms with Gasteiger partial charge in [0.2, 0.25) is 0 Å². The van der Waals surface area contributed by atoms with Gasteiger partial charge >= 0.3 is 0 Å². The average Bonchev–Trinajstić information content (AvgIpc) is 2.28. The highest BCUT2D eigenvalue weighted by Gasteiger charge is 2.42. The lowest BCUT2D eigenvalue weighted by Crippen LogP contribution is -2.33. The van der Waals surface area contributed by atoms with Crippen molar-refractivity contribution < 1.29 is 13.6 Å². The zero-order valence-corrected chi connectivity index (χ0v) is 10.3. The highest BCUT2D eigenvalue weighted by atomic mass is 19.3. The number of alkyl halides is 2. The van der Waals surface area contributed by atoms with Gasteiger partial charge in [-0.25, -0.2) is 8.78 Å². The molecule has 1 aliphatic carbocycles. The molecule has 0 saturated heterocycles. The number of carbonyl (C=O) groups excluding carboxylic acids is 1. The highest BCUT2D eigenvalue weighted by molar-refractivity contribution is 6.00. The van der Waals surface area contributed by atoms with Crippen LogP contribution in [0.3, 0.4) is 0 Å². The maximum atomic E-state index is 13.8. The minimum atomic E-state index is -3.11. The van der Waals surface area contributed by atoms with Gasteiger partial charge in [0.15, 0.2) is 5.78 Å². The van der Waals surface area contributed by atoms with Gasteiger partial charge in [0.05, 0.1) is 0 Å². The SMILES string of the molecule is CC1=CC(F)(F)C(C(=O)c2ccc(C)cc2)C=C1. The lowest BCUT2D eigenvalue weighted by molar-refractivity contribution is 0.0123. The number of allylic oxidation sites excluding steroid dienone is 4. The number of halogens is 2. The molecule has 0 aromatic heterocycles. The van der Waals surface area contributed by atoms with Gasteiger partial charge in [0.1, 0.15) is 5.92 Å². The van der Waals surface area contributed by atoms with Crippen LogP contribution in [0.25, 0.3) is 0 Å². The van der Waals surface area contributed by atoms with Gasteiger partial charge in [-0.2, -0.15) is 0 Å². The molecule has 0 saturated carbocycles. The van der Waals surface area contributed by atoms with E-state index in [4.69, 9.17) is 0 Å². The van der Waals surface area contributed by atoms with Gasteiger partial charge in [0, 0.05) is 5.56 Å². The first kappa shape index (κ1) is 12.7. The smallest absolute Gasteiger partial charge is 0.280 e. The topological polar surface area (TPSA) is 17.1 Å². The van der Waals surface area contributed by atoms with Crippen LogP contribution in [0.5, 0.6) is 0 Å². The van der Waals surface area contributed by atoms with E-state index in [-0.39, 0.29) is 0 Å². The molecule has 0 fully saturated rings. The average molecular weight is 248 g/mol. The summed E-state index contributed by atoms with van der Waals surface area (Å²) < 4.78 is 27.6. The molecule has 1 aliphatic rings. The van der Waals surface area contributed by atoms with E-state index < -0.39 is 17.6 Å². The minimum Gasteiger partial charge on any atom is -0.293 e. The van der Waals surface area contributed by atoms with E-state index >= 15 is 0 Å². The number of carbonyl (C=O) groups is 1. The van der Waals surface area contributed by atoms with Gasteiger partial charge in [0.25, 0.3) is 5.92 Å². The third-order valence-corrected chi connectivity index (χ3v) is 3.00. The fourth-order valence-corrected chi connectivity index (χ4v) is 1.98. The lowest BCUT2D eigenvalue weighted by atomic mass is 9.86. The fraction of sp³-hybridized carbons (Fsp3) is 0.267. The molecule has 94 valence electrons. The molecule has 2 rings (SSSR count). The summed E-state index contributed by atoms with van der Waals surface area (Å²) >= 11 is 0. The Hall–Kier alpha value is -1.77. The van der Waals surface area contributed by atoms with Crippen LogP contribution in [-0.4, -0.2) is 11.7 Å². The molecule has 1 nitrogen and oxygen atoms in total. The third-order valence-electron chi connectivity index (χ3n) is 3.00. The largest absolute Gasteiger partial charge is 0.293 e. The maximum Gasteiger partial charge on any atom is 0.280 e. The van der Waals surface area contributed by atoms with E-state index in [1.54, 1.807) is 37.3 Å². The standard InChI is InChI=1S/C15H14F2O/c1-10-3-6-12(7-4-10)14(18)13-8-5-11(2)9-15(13,16)17/h3-9,13H,1-2H3. The van der Waals surface area contributed by atoms with Crippen LogP contribution in [0.2, 0.25) is 0 Å². The molecule has 1 aromatic rings. The van der Waals surface area contributed by atoms with Gasteiger partial charge in [-0.05, 0) is 25.5 Å².